The van der Waals surface area contributed by atoms with Gasteiger partial charge in [-0.05, 0) is 63.4 Å². The molecule has 0 atom stereocenters. The first kappa shape index (κ1) is 28.3. The van der Waals surface area contributed by atoms with Crippen LogP contribution < -0.4 is 20.9 Å². The number of H-pyrrole nitrogens is 1. The molecule has 0 aliphatic carbocycles. The van der Waals surface area contributed by atoms with Crippen molar-refractivity contribution in [1.82, 2.24) is 14.9 Å². The third kappa shape index (κ3) is 5.55. The number of fused-ring (bicyclic) bond motifs is 2. The Hall–Kier alpha value is -4.23. The average Bonchev–Trinajstić information content (AvgIpc) is 3.35. The van der Waals surface area contributed by atoms with E-state index in [0.29, 0.717) is 18.7 Å². The van der Waals surface area contributed by atoms with Crippen molar-refractivity contribution in [2.24, 2.45) is 0 Å². The Morgan fingerprint density at radius 1 is 1.10 bits per heavy atom. The molecule has 0 unspecified atom stereocenters. The number of nitrogens with zero attached hydrogens (tertiary/aromatic N) is 2. The molecule has 2 N–H and O–H groups in total. The van der Waals surface area contributed by atoms with Crippen LogP contribution in [0.1, 0.15) is 42.4 Å². The number of amides is 1. The fraction of sp³-hybridized carbons (Fsp3) is 0.286. The summed E-state index contributed by atoms with van der Waals surface area (Å²) in [6, 6.07) is 12.9. The topological polar surface area (TPSA) is 148 Å². The molecule has 3 heterocycles. The van der Waals surface area contributed by atoms with E-state index in [0.717, 1.165) is 27.9 Å². The lowest BCUT2D eigenvalue weighted by Crippen LogP contribution is -2.37. The van der Waals surface area contributed by atoms with Gasteiger partial charge >= 0.3 is 11.7 Å². The normalized spacial score (nSPS) is 13.6. The number of carbonyl (C=O) groups excluding carboxylic acids is 2. The molecule has 13 heteroatoms. The number of nitrogens with one attached hydrogen (secondary N) is 2. The van der Waals surface area contributed by atoms with Gasteiger partial charge in [0.2, 0.25) is 0 Å². The molecule has 4 aromatic rings. The Morgan fingerprint density at radius 2 is 1.85 bits per heavy atom. The van der Waals surface area contributed by atoms with Crippen molar-refractivity contribution in [2.45, 2.75) is 44.1 Å². The van der Waals surface area contributed by atoms with Crippen molar-refractivity contribution in [3.63, 3.8) is 0 Å². The molecule has 1 aliphatic heterocycles. The third-order valence-corrected chi connectivity index (χ3v) is 9.19. The van der Waals surface area contributed by atoms with Gasteiger partial charge in [-0.3, -0.25) is 18.7 Å². The van der Waals surface area contributed by atoms with Crippen molar-refractivity contribution in [3.8, 4) is 5.69 Å². The van der Waals surface area contributed by atoms with Crippen LogP contribution in [0.25, 0.3) is 16.6 Å². The first-order valence-corrected chi connectivity index (χ1v) is 15.2. The van der Waals surface area contributed by atoms with Gasteiger partial charge in [-0.15, -0.1) is 11.3 Å². The van der Waals surface area contributed by atoms with Crippen LogP contribution >= 0.6 is 11.3 Å². The summed E-state index contributed by atoms with van der Waals surface area (Å²) in [5, 5.41) is 3.84. The fourth-order valence-electron chi connectivity index (χ4n) is 4.71. The second kappa shape index (κ2) is 10.6. The number of hydrogen-bond acceptors (Lipinski definition) is 8. The largest absolute Gasteiger partial charge is 0.459 e. The second-order valence-corrected chi connectivity index (χ2v) is 13.2. The van der Waals surface area contributed by atoms with Gasteiger partial charge in [0.15, 0.2) is 0 Å². The second-order valence-electron chi connectivity index (χ2n) is 10.5. The molecule has 2 aromatic heterocycles. The van der Waals surface area contributed by atoms with E-state index in [1.807, 2.05) is 12.1 Å². The van der Waals surface area contributed by atoms with Crippen molar-refractivity contribution >= 4 is 49.8 Å². The Bertz CT molecular complexity index is 1900. The first-order valence-electron chi connectivity index (χ1n) is 12.8. The average molecular weight is 597 g/mol. The van der Waals surface area contributed by atoms with Gasteiger partial charge in [0.05, 0.1) is 27.2 Å². The first-order chi connectivity index (χ1) is 19.4. The molecule has 0 spiro atoms. The van der Waals surface area contributed by atoms with Crippen LogP contribution in [0.5, 0.6) is 0 Å². The van der Waals surface area contributed by atoms with Crippen LogP contribution in [0.3, 0.4) is 0 Å². The number of carbonyl (C=O) groups is 2. The predicted octanol–water partition coefficient (Wildman–Crippen LogP) is 2.95. The summed E-state index contributed by atoms with van der Waals surface area (Å²) in [5.74, 6) is -1.33. The van der Waals surface area contributed by atoms with Crippen LogP contribution in [0.2, 0.25) is 0 Å². The van der Waals surface area contributed by atoms with E-state index in [4.69, 9.17) is 4.74 Å². The monoisotopic (exact) mass is 596 g/mol. The molecule has 0 radical (unpaired) electrons. The SMILES string of the molecule is CC(C)(C)OC(=O)CNC(=O)c1scc2[nH]c(=O)n(-c3cccc(S(=O)(=O)N4CCCc5ccccc54)c3)c(=O)c12. The number of esters is 1. The zero-order valence-corrected chi connectivity index (χ0v) is 24.2. The molecule has 11 nitrogen and oxygen atoms in total. The quantitative estimate of drug-likeness (QED) is 0.325. The lowest BCUT2D eigenvalue weighted by molar-refractivity contribution is -0.153. The summed E-state index contributed by atoms with van der Waals surface area (Å²) >= 11 is 0.932. The number of rotatable bonds is 6. The summed E-state index contributed by atoms with van der Waals surface area (Å²) in [6.07, 6.45) is 1.42. The maximum atomic E-state index is 13.7. The zero-order valence-electron chi connectivity index (χ0n) is 22.6. The highest BCUT2D eigenvalue weighted by atomic mass is 32.2. The van der Waals surface area contributed by atoms with Gasteiger partial charge in [0, 0.05) is 11.9 Å². The number of aryl methyl sites for hydroxylation is 1. The molecule has 0 fully saturated rings. The number of thiophene rings is 1. The summed E-state index contributed by atoms with van der Waals surface area (Å²) in [5.41, 5.74) is -0.630. The molecule has 0 saturated carbocycles. The molecule has 0 saturated heterocycles. The van der Waals surface area contributed by atoms with Crippen LogP contribution in [-0.2, 0) is 26.0 Å². The minimum atomic E-state index is -4.01. The highest BCUT2D eigenvalue weighted by Crippen LogP contribution is 2.32. The van der Waals surface area contributed by atoms with Crippen LogP contribution in [0.15, 0.2) is 68.4 Å². The Labute approximate surface area is 239 Å². The highest BCUT2D eigenvalue weighted by Gasteiger charge is 2.29. The van der Waals surface area contributed by atoms with Crippen molar-refractivity contribution in [2.75, 3.05) is 17.4 Å². The number of benzene rings is 2. The van der Waals surface area contributed by atoms with Crippen LogP contribution in [-0.4, -0.2) is 48.5 Å². The van der Waals surface area contributed by atoms with Gasteiger partial charge < -0.3 is 15.0 Å². The molecule has 1 aliphatic rings. The number of ether oxygens (including phenoxy) is 1. The van der Waals surface area contributed by atoms with E-state index in [1.165, 1.54) is 34.0 Å². The number of hydrogen-bond donors (Lipinski definition) is 2. The summed E-state index contributed by atoms with van der Waals surface area (Å²) in [6.45, 7) is 4.98. The number of para-hydroxylation sites is 1. The minimum Gasteiger partial charge on any atom is -0.459 e. The molecule has 41 heavy (non-hydrogen) atoms. The summed E-state index contributed by atoms with van der Waals surface area (Å²) < 4.78 is 34.7. The van der Waals surface area contributed by atoms with E-state index in [9.17, 15) is 27.6 Å². The number of sulfonamides is 1. The van der Waals surface area contributed by atoms with Gasteiger partial charge in [0.25, 0.3) is 21.5 Å². The van der Waals surface area contributed by atoms with E-state index < -0.39 is 45.3 Å². The molecule has 5 rings (SSSR count). The summed E-state index contributed by atoms with van der Waals surface area (Å²) in [7, 11) is -4.01. The van der Waals surface area contributed by atoms with Crippen molar-refractivity contribution in [1.29, 1.82) is 0 Å². The molecular formula is C28H28N4O7S2. The maximum absolute atomic E-state index is 13.7. The molecule has 2 aromatic carbocycles. The minimum absolute atomic E-state index is 0.00717. The number of aromatic nitrogens is 2. The third-order valence-electron chi connectivity index (χ3n) is 6.40. The lowest BCUT2D eigenvalue weighted by Gasteiger charge is -2.30. The van der Waals surface area contributed by atoms with Crippen molar-refractivity contribution < 1.29 is 22.7 Å². The Kier molecular flexibility index (Phi) is 7.34. The lowest BCUT2D eigenvalue weighted by atomic mass is 10.0. The number of aromatic amines is 1. The molecule has 214 valence electrons. The van der Waals surface area contributed by atoms with Gasteiger partial charge in [0.1, 0.15) is 17.0 Å². The Balaban J connectivity index is 1.51. The van der Waals surface area contributed by atoms with E-state index in [2.05, 4.69) is 10.3 Å². The fourth-order valence-corrected chi connectivity index (χ4v) is 7.20. The van der Waals surface area contributed by atoms with Gasteiger partial charge in [-0.2, -0.15) is 0 Å². The van der Waals surface area contributed by atoms with E-state index in [-0.39, 0.29) is 26.4 Å². The standard InChI is InChI=1S/C28H28N4O7S2/c1-28(2,3)39-22(33)15-29-25(34)24-23-20(16-40-24)30-27(36)32(26(23)35)18-10-6-11-19(14-18)41(37,38)31-13-7-9-17-8-4-5-12-21(17)31/h4-6,8,10-12,14,16H,7,9,13,15H2,1-3H3,(H,29,34)(H,30,36). The molecule has 1 amide bonds. The smallest absolute Gasteiger partial charge is 0.333 e. The van der Waals surface area contributed by atoms with Crippen LogP contribution in [0, 0.1) is 0 Å². The maximum Gasteiger partial charge on any atom is 0.333 e. The van der Waals surface area contributed by atoms with Gasteiger partial charge in [-0.1, -0.05) is 24.3 Å². The summed E-state index contributed by atoms with van der Waals surface area (Å²) in [4.78, 5) is 54.0. The van der Waals surface area contributed by atoms with Gasteiger partial charge in [-0.25, -0.2) is 17.8 Å². The number of anilines is 1. The zero-order chi connectivity index (χ0) is 29.5. The molecule has 0 bridgehead atoms. The predicted molar refractivity (Wildman–Crippen MR) is 156 cm³/mol. The van der Waals surface area contributed by atoms with Crippen LogP contribution in [0.4, 0.5) is 5.69 Å². The van der Waals surface area contributed by atoms with E-state index >= 15 is 0 Å². The van der Waals surface area contributed by atoms with E-state index in [1.54, 1.807) is 32.9 Å². The van der Waals surface area contributed by atoms with Crippen molar-refractivity contribution in [3.05, 3.63) is 85.2 Å². The Morgan fingerprint density at radius 3 is 2.61 bits per heavy atom. The highest BCUT2D eigenvalue weighted by molar-refractivity contribution is 7.92. The molecular weight excluding hydrogens is 568 g/mol.